The van der Waals surface area contributed by atoms with Gasteiger partial charge in [0.15, 0.2) is 17.6 Å². The van der Waals surface area contributed by atoms with E-state index in [4.69, 9.17) is 25.8 Å². The summed E-state index contributed by atoms with van der Waals surface area (Å²) in [6.45, 7) is 4.60. The molecule has 6 heteroatoms. The summed E-state index contributed by atoms with van der Waals surface area (Å²) in [6.07, 6.45) is -0.670. The van der Waals surface area contributed by atoms with E-state index in [2.05, 4.69) is 5.32 Å². The van der Waals surface area contributed by atoms with Gasteiger partial charge in [0, 0.05) is 12.1 Å². The first-order chi connectivity index (χ1) is 11.5. The van der Waals surface area contributed by atoms with Crippen molar-refractivity contribution in [3.8, 4) is 17.2 Å². The molecular formula is C18H18ClNO4. The maximum absolute atomic E-state index is 12.4. The van der Waals surface area contributed by atoms with E-state index in [9.17, 15) is 4.79 Å². The zero-order valence-electron chi connectivity index (χ0n) is 13.5. The molecule has 2 aromatic rings. The van der Waals surface area contributed by atoms with Gasteiger partial charge >= 0.3 is 0 Å². The highest BCUT2D eigenvalue weighted by atomic mass is 35.5. The van der Waals surface area contributed by atoms with E-state index < -0.39 is 6.10 Å². The molecule has 2 aromatic carbocycles. The van der Waals surface area contributed by atoms with Gasteiger partial charge in [-0.15, -0.1) is 0 Å². The highest BCUT2D eigenvalue weighted by Crippen LogP contribution is 2.38. The minimum Gasteiger partial charge on any atom is -0.486 e. The standard InChI is InChI=1S/C18H18ClNO4/c1-11-4-3-5-13(8-11)24-12(2)18(21)20-15-10-17-16(9-14(15)19)22-6-7-23-17/h3-5,8-10,12H,6-7H2,1-2H3,(H,20,21). The zero-order chi connectivity index (χ0) is 17.1. The van der Waals surface area contributed by atoms with Gasteiger partial charge in [0.05, 0.1) is 10.7 Å². The maximum atomic E-state index is 12.4. The molecule has 1 aliphatic rings. The quantitative estimate of drug-likeness (QED) is 0.913. The Morgan fingerprint density at radius 2 is 1.92 bits per heavy atom. The number of fused-ring (bicyclic) bond motifs is 1. The summed E-state index contributed by atoms with van der Waals surface area (Å²) in [7, 11) is 0. The van der Waals surface area contributed by atoms with Crippen LogP contribution in [0.25, 0.3) is 0 Å². The van der Waals surface area contributed by atoms with Crippen LogP contribution >= 0.6 is 11.6 Å². The molecule has 0 bridgehead atoms. The van der Waals surface area contributed by atoms with Crippen LogP contribution in [0.4, 0.5) is 5.69 Å². The van der Waals surface area contributed by atoms with Crippen molar-refractivity contribution in [1.29, 1.82) is 0 Å². The van der Waals surface area contributed by atoms with Gasteiger partial charge in [-0.1, -0.05) is 23.7 Å². The number of ether oxygens (including phenoxy) is 3. The van der Waals surface area contributed by atoms with Crippen LogP contribution in [-0.2, 0) is 4.79 Å². The van der Waals surface area contributed by atoms with Crippen molar-refractivity contribution in [2.24, 2.45) is 0 Å². The number of benzene rings is 2. The molecule has 0 spiro atoms. The molecule has 1 aliphatic heterocycles. The monoisotopic (exact) mass is 347 g/mol. The molecular weight excluding hydrogens is 330 g/mol. The van der Waals surface area contributed by atoms with Crippen molar-refractivity contribution < 1.29 is 19.0 Å². The Labute approximate surface area is 145 Å². The summed E-state index contributed by atoms with van der Waals surface area (Å²) in [5.74, 6) is 1.49. The van der Waals surface area contributed by atoms with E-state index in [0.717, 1.165) is 5.56 Å². The van der Waals surface area contributed by atoms with Crippen molar-refractivity contribution >= 4 is 23.2 Å². The lowest BCUT2D eigenvalue weighted by molar-refractivity contribution is -0.122. The van der Waals surface area contributed by atoms with Crippen molar-refractivity contribution in [2.45, 2.75) is 20.0 Å². The summed E-state index contributed by atoms with van der Waals surface area (Å²) in [4.78, 5) is 12.4. The number of hydrogen-bond donors (Lipinski definition) is 1. The minimum absolute atomic E-state index is 0.296. The molecule has 1 N–H and O–H groups in total. The Bertz CT molecular complexity index is 763. The molecule has 24 heavy (non-hydrogen) atoms. The molecule has 1 unspecified atom stereocenters. The fourth-order valence-corrected chi connectivity index (χ4v) is 2.54. The van der Waals surface area contributed by atoms with Crippen molar-refractivity contribution in [2.75, 3.05) is 18.5 Å². The van der Waals surface area contributed by atoms with E-state index in [-0.39, 0.29) is 5.91 Å². The Hall–Kier alpha value is -2.40. The van der Waals surface area contributed by atoms with Gasteiger partial charge in [0.25, 0.3) is 5.91 Å². The maximum Gasteiger partial charge on any atom is 0.265 e. The van der Waals surface area contributed by atoms with Gasteiger partial charge in [0.1, 0.15) is 19.0 Å². The van der Waals surface area contributed by atoms with Gasteiger partial charge in [-0.05, 0) is 31.5 Å². The number of halogens is 1. The predicted molar refractivity (Wildman–Crippen MR) is 92.3 cm³/mol. The van der Waals surface area contributed by atoms with Gasteiger partial charge in [-0.3, -0.25) is 4.79 Å². The Morgan fingerprint density at radius 1 is 1.21 bits per heavy atom. The van der Waals surface area contributed by atoms with Crippen LogP contribution in [0.1, 0.15) is 12.5 Å². The molecule has 1 atom stereocenters. The summed E-state index contributed by atoms with van der Waals surface area (Å²) in [5, 5.41) is 3.15. The summed E-state index contributed by atoms with van der Waals surface area (Å²) in [6, 6.07) is 10.8. The van der Waals surface area contributed by atoms with Crippen LogP contribution in [0.2, 0.25) is 5.02 Å². The highest BCUT2D eigenvalue weighted by Gasteiger charge is 2.19. The fourth-order valence-electron chi connectivity index (χ4n) is 2.34. The predicted octanol–water partition coefficient (Wildman–Crippen LogP) is 3.83. The van der Waals surface area contributed by atoms with Crippen molar-refractivity contribution in [1.82, 2.24) is 0 Å². The average Bonchev–Trinajstić information content (AvgIpc) is 2.55. The molecule has 0 aromatic heterocycles. The molecule has 3 rings (SSSR count). The molecule has 0 saturated heterocycles. The Morgan fingerprint density at radius 3 is 2.62 bits per heavy atom. The first kappa shape index (κ1) is 16.5. The number of carbonyl (C=O) groups is 1. The number of aryl methyl sites for hydroxylation is 1. The molecule has 5 nitrogen and oxygen atoms in total. The topological polar surface area (TPSA) is 56.8 Å². The first-order valence-electron chi connectivity index (χ1n) is 7.66. The van der Waals surface area contributed by atoms with Crippen LogP contribution in [0, 0.1) is 6.92 Å². The SMILES string of the molecule is Cc1cccc(OC(C)C(=O)Nc2cc3c(cc2Cl)OCCO3)c1. The van der Waals surface area contributed by atoms with Gasteiger partial charge in [-0.25, -0.2) is 0 Å². The molecule has 0 aliphatic carbocycles. The lowest BCUT2D eigenvalue weighted by Crippen LogP contribution is -2.30. The third kappa shape index (κ3) is 3.74. The Kier molecular flexibility index (Phi) is 4.81. The second kappa shape index (κ2) is 7.01. The summed E-state index contributed by atoms with van der Waals surface area (Å²) < 4.78 is 16.6. The van der Waals surface area contributed by atoms with Gasteiger partial charge in [0.2, 0.25) is 0 Å². The van der Waals surface area contributed by atoms with Crippen molar-refractivity contribution in [3.05, 3.63) is 47.0 Å². The van der Waals surface area contributed by atoms with E-state index in [0.29, 0.717) is 41.2 Å². The fraction of sp³-hybridized carbons (Fsp3) is 0.278. The van der Waals surface area contributed by atoms with E-state index in [1.165, 1.54) is 0 Å². The summed E-state index contributed by atoms with van der Waals surface area (Å²) in [5.41, 5.74) is 1.53. The second-order valence-corrected chi connectivity index (χ2v) is 5.95. The largest absolute Gasteiger partial charge is 0.486 e. The second-order valence-electron chi connectivity index (χ2n) is 5.54. The van der Waals surface area contributed by atoms with Crippen LogP contribution in [0.15, 0.2) is 36.4 Å². The van der Waals surface area contributed by atoms with Gasteiger partial charge in [-0.2, -0.15) is 0 Å². The van der Waals surface area contributed by atoms with Crippen LogP contribution in [0.5, 0.6) is 17.2 Å². The average molecular weight is 348 g/mol. The number of anilines is 1. The van der Waals surface area contributed by atoms with E-state index in [1.54, 1.807) is 19.1 Å². The number of rotatable bonds is 4. The highest BCUT2D eigenvalue weighted by molar-refractivity contribution is 6.34. The lowest BCUT2D eigenvalue weighted by atomic mass is 10.2. The third-order valence-electron chi connectivity index (χ3n) is 3.56. The molecule has 126 valence electrons. The number of carbonyl (C=O) groups excluding carboxylic acids is 1. The summed E-state index contributed by atoms with van der Waals surface area (Å²) >= 11 is 6.20. The minimum atomic E-state index is -0.670. The lowest BCUT2D eigenvalue weighted by Gasteiger charge is -2.21. The number of nitrogens with one attached hydrogen (secondary N) is 1. The molecule has 0 radical (unpaired) electrons. The first-order valence-corrected chi connectivity index (χ1v) is 8.04. The van der Waals surface area contributed by atoms with Crippen molar-refractivity contribution in [3.63, 3.8) is 0 Å². The van der Waals surface area contributed by atoms with Crippen LogP contribution in [0.3, 0.4) is 0 Å². The molecule has 1 amide bonds. The molecule has 1 heterocycles. The van der Waals surface area contributed by atoms with E-state index >= 15 is 0 Å². The number of amides is 1. The number of hydrogen-bond acceptors (Lipinski definition) is 4. The third-order valence-corrected chi connectivity index (χ3v) is 3.87. The zero-order valence-corrected chi connectivity index (χ0v) is 14.2. The molecule has 0 saturated carbocycles. The van der Waals surface area contributed by atoms with Crippen LogP contribution in [-0.4, -0.2) is 25.2 Å². The Balaban J connectivity index is 1.70. The van der Waals surface area contributed by atoms with Crippen LogP contribution < -0.4 is 19.5 Å². The smallest absolute Gasteiger partial charge is 0.265 e. The van der Waals surface area contributed by atoms with Gasteiger partial charge < -0.3 is 19.5 Å². The molecule has 0 fully saturated rings. The normalized spacial score (nSPS) is 14.0. The van der Waals surface area contributed by atoms with E-state index in [1.807, 2.05) is 31.2 Å².